The molecule has 3 heteroatoms. The Morgan fingerprint density at radius 1 is 1.05 bits per heavy atom. The smallest absolute Gasteiger partial charge is 0.0486 e. The van der Waals surface area contributed by atoms with E-state index in [0.717, 1.165) is 23.8 Å². The molecular formula is C18H23ClN2. The molecule has 0 bridgehead atoms. The van der Waals surface area contributed by atoms with Crippen molar-refractivity contribution >= 4 is 23.0 Å². The summed E-state index contributed by atoms with van der Waals surface area (Å²) >= 11 is 6.05. The largest absolute Gasteiger partial charge is 0.379 e. The lowest BCUT2D eigenvalue weighted by Gasteiger charge is -2.22. The van der Waals surface area contributed by atoms with E-state index in [2.05, 4.69) is 61.3 Å². The maximum absolute atomic E-state index is 6.05. The van der Waals surface area contributed by atoms with Crippen LogP contribution in [0.15, 0.2) is 48.5 Å². The average molecular weight is 303 g/mol. The number of nitrogens with one attached hydrogen (secondary N) is 1. The van der Waals surface area contributed by atoms with Gasteiger partial charge in [-0.15, -0.1) is 0 Å². The summed E-state index contributed by atoms with van der Waals surface area (Å²) in [6.07, 6.45) is 0. The van der Waals surface area contributed by atoms with E-state index in [1.165, 1.54) is 11.3 Å². The fourth-order valence-electron chi connectivity index (χ4n) is 2.47. The second kappa shape index (κ2) is 7.37. The van der Waals surface area contributed by atoms with Crippen LogP contribution in [0, 0.1) is 0 Å². The summed E-state index contributed by atoms with van der Waals surface area (Å²) in [6.45, 7) is 8.56. The van der Waals surface area contributed by atoms with E-state index in [9.17, 15) is 0 Å². The van der Waals surface area contributed by atoms with Crippen molar-refractivity contribution in [2.75, 3.05) is 23.3 Å². The molecule has 2 aromatic rings. The first-order chi connectivity index (χ1) is 10.1. The Morgan fingerprint density at radius 3 is 2.29 bits per heavy atom. The molecule has 0 amide bonds. The molecule has 0 spiro atoms. The number of hydrogen-bond acceptors (Lipinski definition) is 2. The number of nitrogens with zero attached hydrogens (tertiary/aromatic N) is 1. The van der Waals surface area contributed by atoms with E-state index in [1.54, 1.807) is 0 Å². The second-order valence-corrected chi connectivity index (χ2v) is 5.58. The molecule has 0 heterocycles. The van der Waals surface area contributed by atoms with Crippen molar-refractivity contribution in [3.05, 3.63) is 59.1 Å². The van der Waals surface area contributed by atoms with Gasteiger partial charge in [0.25, 0.3) is 0 Å². The molecule has 0 aliphatic rings. The molecule has 21 heavy (non-hydrogen) atoms. The van der Waals surface area contributed by atoms with Gasteiger partial charge in [-0.2, -0.15) is 0 Å². The third-order valence-electron chi connectivity index (χ3n) is 3.73. The molecule has 0 aliphatic carbocycles. The molecule has 0 saturated carbocycles. The van der Waals surface area contributed by atoms with Crippen LogP contribution >= 0.6 is 11.6 Å². The summed E-state index contributed by atoms with van der Waals surface area (Å²) in [5.74, 6) is 0. The quantitative estimate of drug-likeness (QED) is 0.773. The highest BCUT2D eigenvalue weighted by molar-refractivity contribution is 6.30. The fraction of sp³-hybridized carbons (Fsp3) is 0.333. The number of hydrogen-bond donors (Lipinski definition) is 1. The predicted octanol–water partition coefficient (Wildman–Crippen LogP) is 5.36. The molecule has 0 radical (unpaired) electrons. The van der Waals surface area contributed by atoms with Crippen LogP contribution in [0.1, 0.15) is 32.4 Å². The monoisotopic (exact) mass is 302 g/mol. The topological polar surface area (TPSA) is 15.3 Å². The van der Waals surface area contributed by atoms with Crippen LogP contribution < -0.4 is 10.2 Å². The van der Waals surface area contributed by atoms with Gasteiger partial charge in [0, 0.05) is 35.5 Å². The van der Waals surface area contributed by atoms with Crippen LogP contribution in [-0.2, 0) is 0 Å². The molecule has 2 nitrogen and oxygen atoms in total. The summed E-state index contributed by atoms with van der Waals surface area (Å²) in [4.78, 5) is 2.34. The van der Waals surface area contributed by atoms with Crippen molar-refractivity contribution in [1.82, 2.24) is 0 Å². The molecule has 2 aromatic carbocycles. The Kier molecular flexibility index (Phi) is 5.51. The molecule has 1 unspecified atom stereocenters. The summed E-state index contributed by atoms with van der Waals surface area (Å²) < 4.78 is 0. The summed E-state index contributed by atoms with van der Waals surface area (Å²) in [7, 11) is 0. The molecule has 0 saturated heterocycles. The number of anilines is 2. The first-order valence-electron chi connectivity index (χ1n) is 7.51. The van der Waals surface area contributed by atoms with Crippen molar-refractivity contribution in [1.29, 1.82) is 0 Å². The molecule has 0 fully saturated rings. The van der Waals surface area contributed by atoms with Gasteiger partial charge in [0.05, 0.1) is 0 Å². The highest BCUT2D eigenvalue weighted by Crippen LogP contribution is 2.23. The van der Waals surface area contributed by atoms with E-state index >= 15 is 0 Å². The van der Waals surface area contributed by atoms with Crippen molar-refractivity contribution in [3.63, 3.8) is 0 Å². The van der Waals surface area contributed by atoms with Gasteiger partial charge in [0.1, 0.15) is 0 Å². The maximum Gasteiger partial charge on any atom is 0.0486 e. The van der Waals surface area contributed by atoms with Crippen LogP contribution in [-0.4, -0.2) is 13.1 Å². The van der Waals surface area contributed by atoms with E-state index in [1.807, 2.05) is 18.2 Å². The lowest BCUT2D eigenvalue weighted by Crippen LogP contribution is -2.21. The van der Waals surface area contributed by atoms with Gasteiger partial charge >= 0.3 is 0 Å². The lowest BCUT2D eigenvalue weighted by molar-refractivity contribution is 0.864. The van der Waals surface area contributed by atoms with Crippen molar-refractivity contribution < 1.29 is 0 Å². The third-order valence-corrected chi connectivity index (χ3v) is 3.96. The molecule has 0 aliphatic heterocycles. The Balaban J connectivity index is 2.06. The van der Waals surface area contributed by atoms with E-state index in [0.29, 0.717) is 0 Å². The van der Waals surface area contributed by atoms with Gasteiger partial charge in [-0.25, -0.2) is 0 Å². The van der Waals surface area contributed by atoms with Crippen LogP contribution in [0.2, 0.25) is 5.02 Å². The van der Waals surface area contributed by atoms with E-state index < -0.39 is 0 Å². The van der Waals surface area contributed by atoms with Gasteiger partial charge in [0.2, 0.25) is 0 Å². The summed E-state index contributed by atoms with van der Waals surface area (Å²) in [5, 5.41) is 4.29. The number of halogens is 1. The standard InChI is InChI=1S/C18H23ClN2/c1-4-21(5-2)18-11-9-17(10-12-18)20-14(3)15-7-6-8-16(19)13-15/h6-14,20H,4-5H2,1-3H3. The van der Waals surface area contributed by atoms with Gasteiger partial charge in [0.15, 0.2) is 0 Å². The Bertz CT molecular complexity index is 562. The highest BCUT2D eigenvalue weighted by Gasteiger charge is 2.06. The third kappa shape index (κ3) is 4.15. The van der Waals surface area contributed by atoms with Crippen LogP contribution in [0.4, 0.5) is 11.4 Å². The van der Waals surface area contributed by atoms with Crippen LogP contribution in [0.5, 0.6) is 0 Å². The molecule has 1 atom stereocenters. The van der Waals surface area contributed by atoms with Gasteiger partial charge in [-0.3, -0.25) is 0 Å². The highest BCUT2D eigenvalue weighted by atomic mass is 35.5. The zero-order valence-corrected chi connectivity index (χ0v) is 13.7. The average Bonchev–Trinajstić information content (AvgIpc) is 2.50. The Morgan fingerprint density at radius 2 is 1.71 bits per heavy atom. The van der Waals surface area contributed by atoms with Crippen molar-refractivity contribution in [2.45, 2.75) is 26.8 Å². The number of rotatable bonds is 6. The molecule has 1 N–H and O–H groups in total. The molecular weight excluding hydrogens is 280 g/mol. The zero-order valence-electron chi connectivity index (χ0n) is 12.9. The van der Waals surface area contributed by atoms with Gasteiger partial charge in [-0.1, -0.05) is 23.7 Å². The normalized spacial score (nSPS) is 12.0. The lowest BCUT2D eigenvalue weighted by atomic mass is 10.1. The Hall–Kier alpha value is -1.67. The maximum atomic E-state index is 6.05. The van der Waals surface area contributed by atoms with Crippen molar-refractivity contribution in [3.8, 4) is 0 Å². The first kappa shape index (κ1) is 15.7. The van der Waals surface area contributed by atoms with Crippen LogP contribution in [0.3, 0.4) is 0 Å². The Labute approximate surface area is 132 Å². The first-order valence-corrected chi connectivity index (χ1v) is 7.88. The molecule has 112 valence electrons. The zero-order chi connectivity index (χ0) is 15.2. The van der Waals surface area contributed by atoms with Gasteiger partial charge < -0.3 is 10.2 Å². The van der Waals surface area contributed by atoms with Gasteiger partial charge in [-0.05, 0) is 62.7 Å². The van der Waals surface area contributed by atoms with Crippen molar-refractivity contribution in [2.24, 2.45) is 0 Å². The second-order valence-electron chi connectivity index (χ2n) is 5.14. The number of benzene rings is 2. The fourth-order valence-corrected chi connectivity index (χ4v) is 2.67. The van der Waals surface area contributed by atoms with Crippen LogP contribution in [0.25, 0.3) is 0 Å². The van der Waals surface area contributed by atoms with E-state index in [-0.39, 0.29) is 6.04 Å². The molecule has 0 aromatic heterocycles. The minimum Gasteiger partial charge on any atom is -0.379 e. The summed E-state index contributed by atoms with van der Waals surface area (Å²) in [6, 6.07) is 16.8. The SMILES string of the molecule is CCN(CC)c1ccc(NC(C)c2cccc(Cl)c2)cc1. The predicted molar refractivity (Wildman–Crippen MR) is 93.5 cm³/mol. The van der Waals surface area contributed by atoms with E-state index in [4.69, 9.17) is 11.6 Å². The molecule has 2 rings (SSSR count). The minimum atomic E-state index is 0.225. The minimum absolute atomic E-state index is 0.225. The summed E-state index contributed by atoms with van der Waals surface area (Å²) in [5.41, 5.74) is 3.58.